The van der Waals surface area contributed by atoms with Crippen LogP contribution in [0.4, 0.5) is 4.79 Å². The molecule has 5 heteroatoms. The van der Waals surface area contributed by atoms with Crippen LogP contribution in [-0.4, -0.2) is 18.9 Å². The molecule has 3 N–H and O–H groups in total. The molecule has 0 radical (unpaired) electrons. The van der Waals surface area contributed by atoms with Crippen molar-refractivity contribution in [2.24, 2.45) is 10.8 Å². The molecule has 0 unspecified atom stereocenters. The van der Waals surface area contributed by atoms with Gasteiger partial charge in [-0.2, -0.15) is 5.10 Å². The fraction of sp³-hybridized carbons (Fsp3) is 0.176. The van der Waals surface area contributed by atoms with Gasteiger partial charge in [-0.25, -0.2) is 10.2 Å². The standard InChI is InChI=1S/C17H19N3O2/c18-17(21)20-19-13-15-8-10-16(11-9-15)22-12-4-7-14-5-2-1-3-6-14/h1-3,5-6,8-11,13H,4,7,12H2,(H3,18,20,21)/b19-13-. The summed E-state index contributed by atoms with van der Waals surface area (Å²) in [7, 11) is 0. The Bertz CT molecular complexity index is 610. The highest BCUT2D eigenvalue weighted by Crippen LogP contribution is 2.12. The van der Waals surface area contributed by atoms with Crippen molar-refractivity contribution in [3.63, 3.8) is 0 Å². The molecule has 0 aliphatic rings. The summed E-state index contributed by atoms with van der Waals surface area (Å²) < 4.78 is 5.69. The van der Waals surface area contributed by atoms with E-state index in [0.717, 1.165) is 24.2 Å². The summed E-state index contributed by atoms with van der Waals surface area (Å²) in [6.45, 7) is 0.672. The van der Waals surface area contributed by atoms with Gasteiger partial charge in [-0.3, -0.25) is 0 Å². The van der Waals surface area contributed by atoms with Crippen LogP contribution in [0.3, 0.4) is 0 Å². The van der Waals surface area contributed by atoms with Gasteiger partial charge in [0.1, 0.15) is 5.75 Å². The van der Waals surface area contributed by atoms with E-state index in [1.165, 1.54) is 11.8 Å². The Morgan fingerprint density at radius 1 is 1.14 bits per heavy atom. The maximum absolute atomic E-state index is 10.5. The highest BCUT2D eigenvalue weighted by Gasteiger charge is 1.96. The molecule has 0 aromatic heterocycles. The number of benzene rings is 2. The molecule has 2 aromatic rings. The summed E-state index contributed by atoms with van der Waals surface area (Å²) >= 11 is 0. The highest BCUT2D eigenvalue weighted by molar-refractivity contribution is 5.81. The molecule has 0 spiro atoms. The number of urea groups is 1. The molecule has 0 aliphatic heterocycles. The topological polar surface area (TPSA) is 76.7 Å². The Hall–Kier alpha value is -2.82. The molecule has 0 aliphatic carbocycles. The Morgan fingerprint density at radius 3 is 2.55 bits per heavy atom. The predicted octanol–water partition coefficient (Wildman–Crippen LogP) is 2.70. The van der Waals surface area contributed by atoms with Crippen LogP contribution in [0.2, 0.25) is 0 Å². The lowest BCUT2D eigenvalue weighted by Gasteiger charge is -2.06. The molecule has 0 saturated heterocycles. The third-order valence-electron chi connectivity index (χ3n) is 2.99. The van der Waals surface area contributed by atoms with Crippen molar-refractivity contribution in [1.82, 2.24) is 5.43 Å². The molecule has 0 saturated carbocycles. The SMILES string of the molecule is NC(=O)N/N=C\c1ccc(OCCCc2ccccc2)cc1. The van der Waals surface area contributed by atoms with E-state index < -0.39 is 6.03 Å². The van der Waals surface area contributed by atoms with Crippen LogP contribution in [0.5, 0.6) is 5.75 Å². The van der Waals surface area contributed by atoms with Gasteiger partial charge < -0.3 is 10.5 Å². The number of hydrogen-bond donors (Lipinski definition) is 2. The average Bonchev–Trinajstić information content (AvgIpc) is 2.54. The van der Waals surface area contributed by atoms with Crippen LogP contribution in [0, 0.1) is 0 Å². The van der Waals surface area contributed by atoms with Gasteiger partial charge in [-0.15, -0.1) is 0 Å². The van der Waals surface area contributed by atoms with Crippen LogP contribution in [0.1, 0.15) is 17.5 Å². The zero-order valence-electron chi connectivity index (χ0n) is 12.2. The minimum Gasteiger partial charge on any atom is -0.494 e. The number of carbonyl (C=O) groups excluding carboxylic acids is 1. The molecule has 114 valence electrons. The second-order valence-electron chi connectivity index (χ2n) is 4.74. The summed E-state index contributed by atoms with van der Waals surface area (Å²) in [5.41, 5.74) is 9.22. The van der Waals surface area contributed by atoms with Crippen molar-refractivity contribution in [1.29, 1.82) is 0 Å². The largest absolute Gasteiger partial charge is 0.494 e. The normalized spacial score (nSPS) is 10.5. The number of nitrogens with one attached hydrogen (secondary N) is 1. The first kappa shape index (κ1) is 15.6. The Balaban J connectivity index is 1.72. The maximum atomic E-state index is 10.5. The molecular formula is C17H19N3O2. The van der Waals surface area contributed by atoms with Crippen LogP contribution in [0.25, 0.3) is 0 Å². The van der Waals surface area contributed by atoms with Crippen LogP contribution >= 0.6 is 0 Å². The first-order valence-corrected chi connectivity index (χ1v) is 7.09. The van der Waals surface area contributed by atoms with Crippen LogP contribution in [-0.2, 0) is 6.42 Å². The fourth-order valence-corrected chi connectivity index (χ4v) is 1.93. The van der Waals surface area contributed by atoms with E-state index in [9.17, 15) is 4.79 Å². The molecule has 0 heterocycles. The number of amides is 2. The second-order valence-corrected chi connectivity index (χ2v) is 4.74. The molecule has 2 amide bonds. The van der Waals surface area contributed by atoms with Gasteiger partial charge in [0.05, 0.1) is 12.8 Å². The maximum Gasteiger partial charge on any atom is 0.332 e. The number of aryl methyl sites for hydroxylation is 1. The van der Waals surface area contributed by atoms with Crippen molar-refractivity contribution in [3.05, 3.63) is 65.7 Å². The molecule has 0 fully saturated rings. The lowest BCUT2D eigenvalue weighted by Crippen LogP contribution is -2.24. The number of carbonyl (C=O) groups is 1. The number of hydrogen-bond acceptors (Lipinski definition) is 3. The van der Waals surface area contributed by atoms with Crippen molar-refractivity contribution < 1.29 is 9.53 Å². The number of ether oxygens (including phenoxy) is 1. The summed E-state index contributed by atoms with van der Waals surface area (Å²) in [6, 6.07) is 17.1. The number of nitrogens with zero attached hydrogens (tertiary/aromatic N) is 1. The van der Waals surface area contributed by atoms with E-state index in [0.29, 0.717) is 6.61 Å². The van der Waals surface area contributed by atoms with Crippen molar-refractivity contribution in [2.45, 2.75) is 12.8 Å². The third kappa shape index (κ3) is 5.66. The molecule has 0 atom stereocenters. The molecular weight excluding hydrogens is 278 g/mol. The molecule has 5 nitrogen and oxygen atoms in total. The zero-order chi connectivity index (χ0) is 15.6. The first-order chi connectivity index (χ1) is 10.7. The fourth-order valence-electron chi connectivity index (χ4n) is 1.93. The molecule has 22 heavy (non-hydrogen) atoms. The first-order valence-electron chi connectivity index (χ1n) is 7.09. The summed E-state index contributed by atoms with van der Waals surface area (Å²) in [5, 5.41) is 3.69. The van der Waals surface area contributed by atoms with Gasteiger partial charge >= 0.3 is 6.03 Å². The minimum absolute atomic E-state index is 0.672. The van der Waals surface area contributed by atoms with Gasteiger partial charge in [-0.05, 0) is 48.2 Å². The minimum atomic E-state index is -0.686. The average molecular weight is 297 g/mol. The van der Waals surface area contributed by atoms with Crippen molar-refractivity contribution in [3.8, 4) is 5.75 Å². The van der Waals surface area contributed by atoms with E-state index in [1.54, 1.807) is 0 Å². The van der Waals surface area contributed by atoms with E-state index in [4.69, 9.17) is 10.5 Å². The zero-order valence-corrected chi connectivity index (χ0v) is 12.2. The van der Waals surface area contributed by atoms with E-state index >= 15 is 0 Å². The van der Waals surface area contributed by atoms with E-state index in [-0.39, 0.29) is 0 Å². The molecule has 0 bridgehead atoms. The lowest BCUT2D eigenvalue weighted by molar-refractivity contribution is 0.249. The quantitative estimate of drug-likeness (QED) is 0.468. The Morgan fingerprint density at radius 2 is 1.86 bits per heavy atom. The predicted molar refractivity (Wildman–Crippen MR) is 87.0 cm³/mol. The van der Waals surface area contributed by atoms with Gasteiger partial charge in [0.2, 0.25) is 0 Å². The molecule has 2 rings (SSSR count). The van der Waals surface area contributed by atoms with Crippen molar-refractivity contribution in [2.75, 3.05) is 6.61 Å². The number of hydrazone groups is 1. The van der Waals surface area contributed by atoms with Gasteiger partial charge in [0.15, 0.2) is 0 Å². The number of primary amides is 1. The highest BCUT2D eigenvalue weighted by atomic mass is 16.5. The summed E-state index contributed by atoms with van der Waals surface area (Å²) in [5.74, 6) is 0.813. The second kappa shape index (κ2) is 8.46. The summed E-state index contributed by atoms with van der Waals surface area (Å²) in [6.07, 6.45) is 3.49. The monoisotopic (exact) mass is 297 g/mol. The van der Waals surface area contributed by atoms with E-state index in [1.807, 2.05) is 42.5 Å². The van der Waals surface area contributed by atoms with Gasteiger partial charge in [-0.1, -0.05) is 30.3 Å². The number of rotatable bonds is 7. The molecule has 2 aromatic carbocycles. The smallest absolute Gasteiger partial charge is 0.332 e. The van der Waals surface area contributed by atoms with Gasteiger partial charge in [0.25, 0.3) is 0 Å². The lowest BCUT2D eigenvalue weighted by atomic mass is 10.1. The van der Waals surface area contributed by atoms with Crippen molar-refractivity contribution >= 4 is 12.2 Å². The number of nitrogens with two attached hydrogens (primary N) is 1. The third-order valence-corrected chi connectivity index (χ3v) is 2.99. The Labute approximate surface area is 129 Å². The summed E-state index contributed by atoms with van der Waals surface area (Å²) in [4.78, 5) is 10.5. The van der Waals surface area contributed by atoms with E-state index in [2.05, 4.69) is 22.7 Å². The van der Waals surface area contributed by atoms with Crippen LogP contribution < -0.4 is 15.9 Å². The van der Waals surface area contributed by atoms with Crippen LogP contribution in [0.15, 0.2) is 59.7 Å². The Kier molecular flexibility index (Phi) is 5.99. The van der Waals surface area contributed by atoms with Gasteiger partial charge in [0, 0.05) is 0 Å².